The van der Waals surface area contributed by atoms with Crippen molar-refractivity contribution in [3.05, 3.63) is 24.3 Å². The molecular weight excluding hydrogens is 767 g/mol. The highest BCUT2D eigenvalue weighted by molar-refractivity contribution is 5.76. The number of aliphatic hydroxyl groups excluding tert-OH is 2. The number of nitrogens with one attached hydrogen (secondary N) is 1. The summed E-state index contributed by atoms with van der Waals surface area (Å²) < 4.78 is 5.44. The molecule has 1 amide bonds. The quantitative estimate of drug-likeness (QED) is 0.0321. The van der Waals surface area contributed by atoms with Gasteiger partial charge in [-0.15, -0.1) is 0 Å². The van der Waals surface area contributed by atoms with Crippen LogP contribution in [0, 0.1) is 0 Å². The van der Waals surface area contributed by atoms with E-state index in [0.717, 1.165) is 83.5 Å². The van der Waals surface area contributed by atoms with Crippen LogP contribution in [0.5, 0.6) is 0 Å². The van der Waals surface area contributed by atoms with Gasteiger partial charge in [-0.25, -0.2) is 0 Å². The van der Waals surface area contributed by atoms with Gasteiger partial charge in [-0.3, -0.25) is 9.59 Å². The fourth-order valence-corrected chi connectivity index (χ4v) is 8.45. The molecule has 0 heterocycles. The molecule has 0 aliphatic carbocycles. The molecule has 62 heavy (non-hydrogen) atoms. The minimum absolute atomic E-state index is 0.0382. The lowest BCUT2D eigenvalue weighted by molar-refractivity contribution is -0.143. The highest BCUT2D eigenvalue weighted by atomic mass is 16.5. The number of ether oxygens (including phenoxy) is 1. The molecule has 6 heteroatoms. The molecule has 2 atom stereocenters. The van der Waals surface area contributed by atoms with Gasteiger partial charge in [0.25, 0.3) is 0 Å². The van der Waals surface area contributed by atoms with E-state index in [2.05, 4.69) is 43.5 Å². The molecule has 0 radical (unpaired) electrons. The summed E-state index contributed by atoms with van der Waals surface area (Å²) in [7, 11) is 0. The Morgan fingerprint density at radius 2 is 0.758 bits per heavy atom. The number of rotatable bonds is 51. The first-order chi connectivity index (χ1) is 30.5. The van der Waals surface area contributed by atoms with E-state index in [4.69, 9.17) is 4.74 Å². The molecule has 0 aliphatic rings. The Balaban J connectivity index is 3.51. The summed E-state index contributed by atoms with van der Waals surface area (Å²) in [4.78, 5) is 24.5. The molecule has 0 aromatic carbocycles. The van der Waals surface area contributed by atoms with Crippen LogP contribution in [0.2, 0.25) is 0 Å². The summed E-state index contributed by atoms with van der Waals surface area (Å²) in [6, 6.07) is -0.563. The molecular formula is C56H107NO5. The lowest BCUT2D eigenvalue weighted by atomic mass is 10.0. The first kappa shape index (κ1) is 60.3. The van der Waals surface area contributed by atoms with Crippen LogP contribution in [0.15, 0.2) is 24.3 Å². The molecule has 2 unspecified atom stereocenters. The monoisotopic (exact) mass is 874 g/mol. The minimum Gasteiger partial charge on any atom is -0.466 e. The third-order valence-corrected chi connectivity index (χ3v) is 12.7. The molecule has 0 spiro atoms. The van der Waals surface area contributed by atoms with E-state index in [-0.39, 0.29) is 18.5 Å². The normalized spacial score (nSPS) is 12.8. The van der Waals surface area contributed by atoms with Crippen molar-refractivity contribution in [3.8, 4) is 0 Å². The summed E-state index contributed by atoms with van der Waals surface area (Å²) in [6.07, 6.45) is 61.6. The number of hydrogen-bond acceptors (Lipinski definition) is 5. The lowest BCUT2D eigenvalue weighted by Gasteiger charge is -2.22. The molecule has 0 aliphatic heterocycles. The van der Waals surface area contributed by atoms with Crippen molar-refractivity contribution in [2.24, 2.45) is 0 Å². The summed E-state index contributed by atoms with van der Waals surface area (Å²) in [6.45, 7) is 4.88. The molecule has 0 aromatic heterocycles. The number of aliphatic hydroxyl groups is 2. The van der Waals surface area contributed by atoms with Gasteiger partial charge < -0.3 is 20.3 Å². The molecule has 0 rings (SSSR count). The third-order valence-electron chi connectivity index (χ3n) is 12.7. The maximum atomic E-state index is 12.5. The SMILES string of the molecule is CCCCCCCCC/C=C\CCCCCCCC(=O)OCCCC/C=C\CCCCCCCC(=O)NC(CO)C(O)CCCCCCCCCCCCCCCCCCCC. The highest BCUT2D eigenvalue weighted by Gasteiger charge is 2.20. The van der Waals surface area contributed by atoms with Gasteiger partial charge in [-0.2, -0.15) is 0 Å². The van der Waals surface area contributed by atoms with Crippen molar-refractivity contribution in [2.45, 2.75) is 309 Å². The van der Waals surface area contributed by atoms with Crippen molar-refractivity contribution in [2.75, 3.05) is 13.2 Å². The van der Waals surface area contributed by atoms with Gasteiger partial charge in [-0.1, -0.05) is 231 Å². The Bertz CT molecular complexity index is 966. The molecule has 0 aromatic rings. The van der Waals surface area contributed by atoms with Gasteiger partial charge in [0.05, 0.1) is 25.4 Å². The molecule has 366 valence electrons. The zero-order valence-electron chi connectivity index (χ0n) is 41.6. The van der Waals surface area contributed by atoms with E-state index in [1.165, 1.54) is 180 Å². The van der Waals surface area contributed by atoms with Crippen LogP contribution < -0.4 is 5.32 Å². The number of allylic oxidation sites excluding steroid dienone is 4. The number of unbranched alkanes of at least 4 members (excludes halogenated alkanes) is 36. The van der Waals surface area contributed by atoms with Crippen LogP contribution in [0.3, 0.4) is 0 Å². The van der Waals surface area contributed by atoms with Crippen LogP contribution in [-0.2, 0) is 14.3 Å². The maximum absolute atomic E-state index is 12.5. The number of carbonyl (C=O) groups excluding carboxylic acids is 2. The van der Waals surface area contributed by atoms with Gasteiger partial charge >= 0.3 is 5.97 Å². The first-order valence-electron chi connectivity index (χ1n) is 27.6. The van der Waals surface area contributed by atoms with E-state index >= 15 is 0 Å². The van der Waals surface area contributed by atoms with Crippen molar-refractivity contribution < 1.29 is 24.5 Å². The highest BCUT2D eigenvalue weighted by Crippen LogP contribution is 2.17. The van der Waals surface area contributed by atoms with E-state index in [9.17, 15) is 19.8 Å². The Hall–Kier alpha value is -1.66. The summed E-state index contributed by atoms with van der Waals surface area (Å²) in [5.41, 5.74) is 0. The topological polar surface area (TPSA) is 95.9 Å². The van der Waals surface area contributed by atoms with Gasteiger partial charge in [0.1, 0.15) is 0 Å². The van der Waals surface area contributed by atoms with Crippen molar-refractivity contribution >= 4 is 11.9 Å². The predicted molar refractivity (Wildman–Crippen MR) is 269 cm³/mol. The number of hydrogen-bond donors (Lipinski definition) is 3. The fourth-order valence-electron chi connectivity index (χ4n) is 8.45. The Morgan fingerprint density at radius 3 is 1.15 bits per heavy atom. The fraction of sp³-hybridized carbons (Fsp3) is 0.893. The molecule has 0 saturated heterocycles. The van der Waals surface area contributed by atoms with E-state index < -0.39 is 12.1 Å². The van der Waals surface area contributed by atoms with Crippen LogP contribution in [0.1, 0.15) is 296 Å². The van der Waals surface area contributed by atoms with Crippen molar-refractivity contribution in [1.29, 1.82) is 0 Å². The van der Waals surface area contributed by atoms with E-state index in [1.54, 1.807) is 0 Å². The Labute approximate surface area is 386 Å². The third kappa shape index (κ3) is 47.8. The maximum Gasteiger partial charge on any atom is 0.305 e. The largest absolute Gasteiger partial charge is 0.466 e. The molecule has 0 bridgehead atoms. The predicted octanol–water partition coefficient (Wildman–Crippen LogP) is 16.7. The van der Waals surface area contributed by atoms with E-state index in [0.29, 0.717) is 25.9 Å². The molecule has 6 nitrogen and oxygen atoms in total. The molecule has 3 N–H and O–H groups in total. The van der Waals surface area contributed by atoms with Gasteiger partial charge in [0, 0.05) is 12.8 Å². The molecule has 0 fully saturated rings. The Kier molecular flexibility index (Phi) is 50.6. The van der Waals surface area contributed by atoms with Crippen LogP contribution in [-0.4, -0.2) is 47.4 Å². The lowest BCUT2D eigenvalue weighted by Crippen LogP contribution is -2.45. The van der Waals surface area contributed by atoms with Crippen LogP contribution >= 0.6 is 0 Å². The summed E-state index contributed by atoms with van der Waals surface area (Å²) in [5.74, 6) is -0.101. The molecule has 0 saturated carbocycles. The van der Waals surface area contributed by atoms with Crippen molar-refractivity contribution in [3.63, 3.8) is 0 Å². The van der Waals surface area contributed by atoms with Gasteiger partial charge in [-0.05, 0) is 77.0 Å². The van der Waals surface area contributed by atoms with E-state index in [1.807, 2.05) is 0 Å². The second-order valence-corrected chi connectivity index (χ2v) is 18.9. The zero-order valence-corrected chi connectivity index (χ0v) is 41.6. The van der Waals surface area contributed by atoms with Crippen LogP contribution in [0.4, 0.5) is 0 Å². The Morgan fingerprint density at radius 1 is 0.435 bits per heavy atom. The number of amides is 1. The van der Waals surface area contributed by atoms with Gasteiger partial charge in [0.2, 0.25) is 5.91 Å². The standard InChI is InChI=1S/C56H107NO5/c1-3-5-7-9-11-13-15-17-19-21-22-23-25-28-32-36-40-44-48-54(59)53(52-58)57-55(60)49-45-41-37-33-29-27-31-35-39-43-47-51-62-56(61)50-46-42-38-34-30-26-24-20-18-16-14-12-10-8-6-4-2/h20,24,31,35,53-54,58-59H,3-19,21-23,25-30,32-34,36-52H2,1-2H3,(H,57,60)/b24-20-,35-31-. The summed E-state index contributed by atoms with van der Waals surface area (Å²) in [5, 5.41) is 23.3. The number of esters is 1. The minimum atomic E-state index is -0.683. The smallest absolute Gasteiger partial charge is 0.305 e. The average Bonchev–Trinajstić information content (AvgIpc) is 3.27. The summed E-state index contributed by atoms with van der Waals surface area (Å²) >= 11 is 0. The first-order valence-corrected chi connectivity index (χ1v) is 27.6. The second-order valence-electron chi connectivity index (χ2n) is 18.9. The van der Waals surface area contributed by atoms with Gasteiger partial charge in [0.15, 0.2) is 0 Å². The number of carbonyl (C=O) groups is 2. The van der Waals surface area contributed by atoms with Crippen molar-refractivity contribution in [1.82, 2.24) is 5.32 Å². The average molecular weight is 874 g/mol. The van der Waals surface area contributed by atoms with Crippen LogP contribution in [0.25, 0.3) is 0 Å². The second kappa shape index (κ2) is 52.0. The zero-order chi connectivity index (χ0) is 45.1.